The van der Waals surface area contributed by atoms with Crippen molar-refractivity contribution in [1.82, 2.24) is 15.2 Å². The van der Waals surface area contributed by atoms with E-state index < -0.39 is 0 Å². The van der Waals surface area contributed by atoms with Gasteiger partial charge in [-0.1, -0.05) is 30.4 Å². The molecule has 134 valence electrons. The Morgan fingerprint density at radius 1 is 1.23 bits per heavy atom. The van der Waals surface area contributed by atoms with Crippen LogP contribution in [0.25, 0.3) is 0 Å². The zero-order valence-electron chi connectivity index (χ0n) is 14.6. The Morgan fingerprint density at radius 3 is 2.85 bits per heavy atom. The van der Waals surface area contributed by atoms with Crippen LogP contribution in [0.5, 0.6) is 5.75 Å². The fourth-order valence-electron chi connectivity index (χ4n) is 3.02. The number of ether oxygens (including phenoxy) is 1. The molecule has 0 aliphatic carbocycles. The van der Waals surface area contributed by atoms with Gasteiger partial charge < -0.3 is 15.0 Å². The molecule has 1 aromatic carbocycles. The molecule has 1 N–H and O–H groups in total. The van der Waals surface area contributed by atoms with E-state index in [9.17, 15) is 9.59 Å². The summed E-state index contributed by atoms with van der Waals surface area (Å²) in [5.74, 6) is 0.0133. The number of nitrogens with zero attached hydrogens (tertiary/aromatic N) is 2. The van der Waals surface area contributed by atoms with Crippen molar-refractivity contribution in [3.8, 4) is 5.75 Å². The number of nitrogens with one attached hydrogen (secondary N) is 1. The second kappa shape index (κ2) is 8.29. The molecule has 1 aliphatic rings. The molecule has 6 heteroatoms. The molecule has 1 atom stereocenters. The number of rotatable bonds is 5. The topological polar surface area (TPSA) is 71.5 Å². The number of pyridine rings is 1. The first-order chi connectivity index (χ1) is 12.7. The Kier molecular flexibility index (Phi) is 5.63. The standard InChI is InChI=1S/C20H21N3O3/c1-26-18-10-3-2-8-16(18)20(25)22-14-19(24)23-12-5-4-9-17(23)15-7-6-11-21-13-15/h2-8,10-11,13,17H,9,12,14H2,1H3,(H,22,25). The van der Waals surface area contributed by atoms with Gasteiger partial charge in [0.05, 0.1) is 25.3 Å². The van der Waals surface area contributed by atoms with Crippen molar-refractivity contribution in [1.29, 1.82) is 0 Å². The van der Waals surface area contributed by atoms with Gasteiger partial charge in [0, 0.05) is 18.9 Å². The molecule has 2 heterocycles. The van der Waals surface area contributed by atoms with E-state index in [1.807, 2.05) is 18.2 Å². The Hall–Kier alpha value is -3.15. The fourth-order valence-corrected chi connectivity index (χ4v) is 3.02. The Balaban J connectivity index is 1.67. The van der Waals surface area contributed by atoms with E-state index in [1.165, 1.54) is 7.11 Å². The highest BCUT2D eigenvalue weighted by Gasteiger charge is 2.26. The molecule has 3 rings (SSSR count). The molecular weight excluding hydrogens is 330 g/mol. The summed E-state index contributed by atoms with van der Waals surface area (Å²) in [5.41, 5.74) is 1.39. The monoisotopic (exact) mass is 351 g/mol. The van der Waals surface area contributed by atoms with E-state index >= 15 is 0 Å². The molecule has 0 fully saturated rings. The third kappa shape index (κ3) is 3.91. The quantitative estimate of drug-likeness (QED) is 0.840. The summed E-state index contributed by atoms with van der Waals surface area (Å²) >= 11 is 0. The minimum atomic E-state index is -0.332. The molecule has 1 unspecified atom stereocenters. The van der Waals surface area contributed by atoms with Gasteiger partial charge >= 0.3 is 0 Å². The van der Waals surface area contributed by atoms with Crippen molar-refractivity contribution < 1.29 is 14.3 Å². The zero-order chi connectivity index (χ0) is 18.4. The number of aromatic nitrogens is 1. The molecule has 1 aromatic heterocycles. The molecule has 2 aromatic rings. The maximum atomic E-state index is 12.7. The summed E-state index contributed by atoms with van der Waals surface area (Å²) in [6.07, 6.45) is 8.25. The summed E-state index contributed by atoms with van der Waals surface area (Å²) in [4.78, 5) is 31.0. The van der Waals surface area contributed by atoms with Crippen molar-refractivity contribution in [2.75, 3.05) is 20.2 Å². The highest BCUT2D eigenvalue weighted by molar-refractivity contribution is 5.98. The normalized spacial score (nSPS) is 16.2. The number of carbonyl (C=O) groups is 2. The van der Waals surface area contributed by atoms with Crippen LogP contribution in [-0.4, -0.2) is 41.9 Å². The minimum absolute atomic E-state index is 0.0654. The zero-order valence-corrected chi connectivity index (χ0v) is 14.6. The lowest BCUT2D eigenvalue weighted by Gasteiger charge is -2.33. The van der Waals surface area contributed by atoms with Gasteiger partial charge in [0.1, 0.15) is 5.75 Å². The van der Waals surface area contributed by atoms with Gasteiger partial charge in [-0.15, -0.1) is 0 Å². The summed E-state index contributed by atoms with van der Waals surface area (Å²) in [6, 6.07) is 10.7. The van der Waals surface area contributed by atoms with Gasteiger partial charge in [0.2, 0.25) is 5.91 Å². The van der Waals surface area contributed by atoms with Crippen molar-refractivity contribution >= 4 is 11.8 Å². The van der Waals surface area contributed by atoms with Crippen LogP contribution in [0.2, 0.25) is 0 Å². The van der Waals surface area contributed by atoms with Gasteiger partial charge in [-0.3, -0.25) is 14.6 Å². The SMILES string of the molecule is COc1ccccc1C(=O)NCC(=O)N1CC=CCC1c1cccnc1. The fraction of sp³-hybridized carbons (Fsp3) is 0.250. The Bertz CT molecular complexity index is 805. The van der Waals surface area contributed by atoms with Crippen LogP contribution in [0, 0.1) is 0 Å². The summed E-state index contributed by atoms with van der Waals surface area (Å²) in [6.45, 7) is 0.449. The molecule has 2 amide bonds. The number of carbonyl (C=O) groups excluding carboxylic acids is 2. The summed E-state index contributed by atoms with van der Waals surface area (Å²) in [5, 5.41) is 2.69. The predicted molar refractivity (Wildman–Crippen MR) is 97.8 cm³/mol. The van der Waals surface area contributed by atoms with E-state index in [1.54, 1.807) is 41.6 Å². The van der Waals surface area contributed by atoms with Crippen molar-refractivity contribution in [2.45, 2.75) is 12.5 Å². The number of hydrogen-bond acceptors (Lipinski definition) is 4. The lowest BCUT2D eigenvalue weighted by Crippen LogP contribution is -2.43. The Morgan fingerprint density at radius 2 is 2.08 bits per heavy atom. The number of benzene rings is 1. The minimum Gasteiger partial charge on any atom is -0.496 e. The number of para-hydroxylation sites is 1. The molecule has 0 spiro atoms. The van der Waals surface area contributed by atoms with Crippen LogP contribution in [0.1, 0.15) is 28.4 Å². The van der Waals surface area contributed by atoms with Crippen molar-refractivity contribution in [3.63, 3.8) is 0 Å². The maximum absolute atomic E-state index is 12.7. The van der Waals surface area contributed by atoms with Crippen LogP contribution in [0.15, 0.2) is 60.9 Å². The molecule has 0 radical (unpaired) electrons. The molecule has 0 saturated carbocycles. The van der Waals surface area contributed by atoms with Crippen LogP contribution in [-0.2, 0) is 4.79 Å². The third-order valence-corrected chi connectivity index (χ3v) is 4.35. The Labute approximate surface area is 152 Å². The first-order valence-electron chi connectivity index (χ1n) is 8.46. The predicted octanol–water partition coefficient (Wildman–Crippen LogP) is 2.35. The number of hydrogen-bond donors (Lipinski definition) is 1. The molecule has 0 bridgehead atoms. The van der Waals surface area contributed by atoms with E-state index in [4.69, 9.17) is 4.74 Å². The number of amides is 2. The van der Waals surface area contributed by atoms with E-state index in [-0.39, 0.29) is 24.4 Å². The van der Waals surface area contributed by atoms with Crippen LogP contribution >= 0.6 is 0 Å². The van der Waals surface area contributed by atoms with E-state index in [0.29, 0.717) is 17.9 Å². The highest BCUT2D eigenvalue weighted by atomic mass is 16.5. The lowest BCUT2D eigenvalue weighted by atomic mass is 10.0. The smallest absolute Gasteiger partial charge is 0.255 e. The van der Waals surface area contributed by atoms with Gasteiger partial charge in [0.25, 0.3) is 5.91 Å². The van der Waals surface area contributed by atoms with Gasteiger partial charge in [-0.05, 0) is 30.2 Å². The van der Waals surface area contributed by atoms with Gasteiger partial charge in [0.15, 0.2) is 0 Å². The van der Waals surface area contributed by atoms with E-state index in [0.717, 1.165) is 12.0 Å². The number of methoxy groups -OCH3 is 1. The molecule has 0 saturated heterocycles. The van der Waals surface area contributed by atoms with Crippen molar-refractivity contribution in [2.24, 2.45) is 0 Å². The maximum Gasteiger partial charge on any atom is 0.255 e. The van der Waals surface area contributed by atoms with Crippen molar-refractivity contribution in [3.05, 3.63) is 72.1 Å². The van der Waals surface area contributed by atoms with Gasteiger partial charge in [-0.25, -0.2) is 0 Å². The van der Waals surface area contributed by atoms with E-state index in [2.05, 4.69) is 16.4 Å². The van der Waals surface area contributed by atoms with Crippen LogP contribution in [0.3, 0.4) is 0 Å². The largest absolute Gasteiger partial charge is 0.496 e. The second-order valence-corrected chi connectivity index (χ2v) is 5.94. The van der Waals surface area contributed by atoms with Crippen LogP contribution in [0.4, 0.5) is 0 Å². The average Bonchev–Trinajstić information content (AvgIpc) is 2.72. The summed E-state index contributed by atoms with van der Waals surface area (Å²) < 4.78 is 5.19. The van der Waals surface area contributed by atoms with Gasteiger partial charge in [-0.2, -0.15) is 0 Å². The molecule has 6 nitrogen and oxygen atoms in total. The van der Waals surface area contributed by atoms with Crippen LogP contribution < -0.4 is 10.1 Å². The molecular formula is C20H21N3O3. The average molecular weight is 351 g/mol. The lowest BCUT2D eigenvalue weighted by molar-refractivity contribution is -0.132. The summed E-state index contributed by atoms with van der Waals surface area (Å²) in [7, 11) is 1.51. The second-order valence-electron chi connectivity index (χ2n) is 5.94. The third-order valence-electron chi connectivity index (χ3n) is 4.35. The molecule has 26 heavy (non-hydrogen) atoms. The first kappa shape index (κ1) is 17.7. The highest BCUT2D eigenvalue weighted by Crippen LogP contribution is 2.27. The molecule has 1 aliphatic heterocycles. The first-order valence-corrected chi connectivity index (χ1v) is 8.46.